The summed E-state index contributed by atoms with van der Waals surface area (Å²) >= 11 is 7.61. The van der Waals surface area contributed by atoms with Gasteiger partial charge in [0.1, 0.15) is 0 Å². The Bertz CT molecular complexity index is 1060. The van der Waals surface area contributed by atoms with E-state index in [2.05, 4.69) is 67.1 Å². The van der Waals surface area contributed by atoms with Gasteiger partial charge in [0.2, 0.25) is 0 Å². The number of halogens is 1. The highest BCUT2D eigenvalue weighted by Crippen LogP contribution is 2.38. The molecule has 4 heteroatoms. The van der Waals surface area contributed by atoms with Crippen LogP contribution in [0.3, 0.4) is 0 Å². The maximum atomic E-state index is 6.12. The van der Waals surface area contributed by atoms with Gasteiger partial charge in [-0.15, -0.1) is 11.3 Å². The third-order valence-corrected chi connectivity index (χ3v) is 5.40. The number of aromatic nitrogens is 2. The van der Waals surface area contributed by atoms with Gasteiger partial charge in [-0.05, 0) is 39.9 Å². The molecule has 2 aromatic carbocycles. The second kappa shape index (κ2) is 5.54. The molecule has 0 aliphatic heterocycles. The smallest absolute Gasteiger partial charge is 0.184 e. The molecule has 0 radical (unpaired) electrons. The molecule has 0 fully saturated rings. The lowest BCUT2D eigenvalue weighted by molar-refractivity contribution is 0.596. The predicted octanol–water partition coefficient (Wildman–Crippen LogP) is 6.46. The summed E-state index contributed by atoms with van der Waals surface area (Å²) in [6.07, 6.45) is 1.81. The number of fused-ring (bicyclic) bond motifs is 2. The third-order valence-electron chi connectivity index (χ3n) is 4.22. The van der Waals surface area contributed by atoms with E-state index in [1.807, 2.05) is 6.07 Å². The molecule has 0 unspecified atom stereocenters. The standard InChI is InChI=1S/C20H17ClN2S/c1-20(2,3)15-11-13(10-12-6-4-5-7-14(12)15)17-18-16(8-9-22-17)23-19(21)24-18/h4-11H,1-3H3. The zero-order valence-electron chi connectivity index (χ0n) is 13.8. The first-order chi connectivity index (χ1) is 11.4. The molecular weight excluding hydrogens is 336 g/mol. The van der Waals surface area contributed by atoms with E-state index >= 15 is 0 Å². The van der Waals surface area contributed by atoms with Crippen molar-refractivity contribution < 1.29 is 0 Å². The molecule has 2 heterocycles. The fourth-order valence-corrected chi connectivity index (χ4v) is 4.22. The maximum Gasteiger partial charge on any atom is 0.184 e. The molecule has 2 nitrogen and oxygen atoms in total. The summed E-state index contributed by atoms with van der Waals surface area (Å²) in [6, 6.07) is 14.9. The molecule has 0 atom stereocenters. The van der Waals surface area contributed by atoms with Crippen LogP contribution in [0.4, 0.5) is 0 Å². The molecule has 0 saturated carbocycles. The Morgan fingerprint density at radius 2 is 1.83 bits per heavy atom. The number of rotatable bonds is 1. The van der Waals surface area contributed by atoms with Crippen molar-refractivity contribution >= 4 is 43.9 Å². The van der Waals surface area contributed by atoms with Crippen molar-refractivity contribution in [2.75, 3.05) is 0 Å². The van der Waals surface area contributed by atoms with E-state index < -0.39 is 0 Å². The van der Waals surface area contributed by atoms with Crippen molar-refractivity contribution in [2.45, 2.75) is 26.2 Å². The Morgan fingerprint density at radius 3 is 2.62 bits per heavy atom. The molecular formula is C20H17ClN2S. The van der Waals surface area contributed by atoms with Crippen molar-refractivity contribution in [3.05, 3.63) is 58.7 Å². The first kappa shape index (κ1) is 15.6. The largest absolute Gasteiger partial charge is 0.255 e. The van der Waals surface area contributed by atoms with Gasteiger partial charge in [-0.2, -0.15) is 0 Å². The summed E-state index contributed by atoms with van der Waals surface area (Å²) < 4.78 is 1.59. The van der Waals surface area contributed by atoms with Crippen LogP contribution >= 0.6 is 22.9 Å². The topological polar surface area (TPSA) is 25.8 Å². The highest BCUT2D eigenvalue weighted by atomic mass is 35.5. The van der Waals surface area contributed by atoms with Gasteiger partial charge in [-0.3, -0.25) is 4.98 Å². The highest BCUT2D eigenvalue weighted by molar-refractivity contribution is 7.22. The van der Waals surface area contributed by atoms with Crippen molar-refractivity contribution in [2.24, 2.45) is 0 Å². The summed E-state index contributed by atoms with van der Waals surface area (Å²) in [4.78, 5) is 9.01. The lowest BCUT2D eigenvalue weighted by Gasteiger charge is -2.22. The average Bonchev–Trinajstić information content (AvgIpc) is 2.93. The zero-order valence-corrected chi connectivity index (χ0v) is 15.4. The van der Waals surface area contributed by atoms with Gasteiger partial charge < -0.3 is 0 Å². The molecule has 0 saturated heterocycles. The van der Waals surface area contributed by atoms with Gasteiger partial charge in [-0.25, -0.2) is 4.98 Å². The molecule has 0 N–H and O–H groups in total. The fraction of sp³-hybridized carbons (Fsp3) is 0.200. The molecule has 0 amide bonds. The minimum absolute atomic E-state index is 0.0505. The van der Waals surface area contributed by atoms with Gasteiger partial charge in [0.15, 0.2) is 4.47 Å². The van der Waals surface area contributed by atoms with E-state index in [-0.39, 0.29) is 5.41 Å². The number of thiazole rings is 1. The molecule has 4 rings (SSSR count). The third kappa shape index (κ3) is 2.58. The molecule has 0 bridgehead atoms. The van der Waals surface area contributed by atoms with E-state index in [4.69, 9.17) is 11.6 Å². The molecule has 120 valence electrons. The predicted molar refractivity (Wildman–Crippen MR) is 104 cm³/mol. The summed E-state index contributed by atoms with van der Waals surface area (Å²) in [6.45, 7) is 6.74. The Morgan fingerprint density at radius 1 is 1.04 bits per heavy atom. The molecule has 0 aliphatic carbocycles. The number of hydrogen-bond donors (Lipinski definition) is 0. The summed E-state index contributed by atoms with van der Waals surface area (Å²) in [5.74, 6) is 0. The lowest BCUT2D eigenvalue weighted by atomic mass is 9.82. The lowest BCUT2D eigenvalue weighted by Crippen LogP contribution is -2.12. The normalized spacial score (nSPS) is 12.2. The van der Waals surface area contributed by atoms with Crippen molar-refractivity contribution in [3.63, 3.8) is 0 Å². The fourth-order valence-electron chi connectivity index (χ4n) is 3.10. The first-order valence-corrected chi connectivity index (χ1v) is 9.07. The minimum atomic E-state index is 0.0505. The van der Waals surface area contributed by atoms with Gasteiger partial charge in [-0.1, -0.05) is 56.6 Å². The molecule has 4 aromatic rings. The number of pyridine rings is 1. The molecule has 0 spiro atoms. The Labute approximate surface area is 150 Å². The monoisotopic (exact) mass is 352 g/mol. The maximum absolute atomic E-state index is 6.12. The summed E-state index contributed by atoms with van der Waals surface area (Å²) in [5.41, 5.74) is 4.35. The van der Waals surface area contributed by atoms with Crippen molar-refractivity contribution in [1.82, 2.24) is 9.97 Å². The van der Waals surface area contributed by atoms with Crippen LogP contribution < -0.4 is 0 Å². The van der Waals surface area contributed by atoms with E-state index in [0.717, 1.165) is 21.5 Å². The van der Waals surface area contributed by atoms with Crippen molar-refractivity contribution in [3.8, 4) is 11.3 Å². The quantitative estimate of drug-likeness (QED) is 0.392. The van der Waals surface area contributed by atoms with Crippen LogP contribution in [0.25, 0.3) is 32.2 Å². The molecule has 2 aromatic heterocycles. The molecule has 24 heavy (non-hydrogen) atoms. The van der Waals surface area contributed by atoms with Gasteiger partial charge in [0.05, 0.1) is 15.9 Å². The van der Waals surface area contributed by atoms with Crippen LogP contribution in [0, 0.1) is 0 Å². The van der Waals surface area contributed by atoms with E-state index in [1.165, 1.54) is 27.7 Å². The summed E-state index contributed by atoms with van der Waals surface area (Å²) in [5, 5.41) is 2.53. The van der Waals surface area contributed by atoms with Crippen LogP contribution in [0.1, 0.15) is 26.3 Å². The van der Waals surface area contributed by atoms with E-state index in [0.29, 0.717) is 4.47 Å². The van der Waals surface area contributed by atoms with Crippen LogP contribution in [0.2, 0.25) is 4.47 Å². The van der Waals surface area contributed by atoms with Crippen LogP contribution in [-0.4, -0.2) is 9.97 Å². The minimum Gasteiger partial charge on any atom is -0.255 e. The van der Waals surface area contributed by atoms with Crippen LogP contribution in [0.15, 0.2) is 48.7 Å². The van der Waals surface area contributed by atoms with E-state index in [1.54, 1.807) is 6.20 Å². The number of nitrogens with zero attached hydrogens (tertiary/aromatic N) is 2. The number of hydrogen-bond acceptors (Lipinski definition) is 3. The van der Waals surface area contributed by atoms with Crippen molar-refractivity contribution in [1.29, 1.82) is 0 Å². The molecule has 0 aliphatic rings. The highest BCUT2D eigenvalue weighted by Gasteiger charge is 2.19. The van der Waals surface area contributed by atoms with E-state index in [9.17, 15) is 0 Å². The average molecular weight is 353 g/mol. The Kier molecular flexibility index (Phi) is 3.59. The Hall–Kier alpha value is -1.97. The zero-order chi connectivity index (χ0) is 16.9. The summed E-state index contributed by atoms with van der Waals surface area (Å²) in [7, 11) is 0. The first-order valence-electron chi connectivity index (χ1n) is 7.88. The van der Waals surface area contributed by atoms with Crippen LogP contribution in [-0.2, 0) is 5.41 Å². The van der Waals surface area contributed by atoms with Crippen LogP contribution in [0.5, 0.6) is 0 Å². The van der Waals surface area contributed by atoms with Gasteiger partial charge >= 0.3 is 0 Å². The van der Waals surface area contributed by atoms with Gasteiger partial charge in [0, 0.05) is 11.8 Å². The SMILES string of the molecule is CC(C)(C)c1cc(-c2nccc3nc(Cl)sc23)cc2ccccc12. The number of benzene rings is 2. The Balaban J connectivity index is 2.06. The van der Waals surface area contributed by atoms with Gasteiger partial charge in [0.25, 0.3) is 0 Å². The second-order valence-electron chi connectivity index (χ2n) is 6.97. The second-order valence-corrected chi connectivity index (χ2v) is 8.55.